The molecule has 104 valence electrons. The summed E-state index contributed by atoms with van der Waals surface area (Å²) in [6, 6.07) is 2.95. The maximum Gasteiger partial charge on any atom is 0.297 e. The molecule has 0 aliphatic carbocycles. The maximum atomic E-state index is 5.59. The molecule has 19 heavy (non-hydrogen) atoms. The number of aryl methyl sites for hydroxylation is 3. The lowest BCUT2D eigenvalue weighted by Crippen LogP contribution is -1.99. The summed E-state index contributed by atoms with van der Waals surface area (Å²) in [7, 11) is 2.02. The van der Waals surface area contributed by atoms with Gasteiger partial charge in [-0.25, -0.2) is 0 Å². The number of benzene rings is 1. The summed E-state index contributed by atoms with van der Waals surface area (Å²) >= 11 is 0. The molecule has 3 nitrogen and oxygen atoms in total. The summed E-state index contributed by atoms with van der Waals surface area (Å²) in [5.74, 6) is 0. The lowest BCUT2D eigenvalue weighted by Gasteiger charge is -2.10. The van der Waals surface area contributed by atoms with E-state index < -0.39 is 0 Å². The number of rotatable bonds is 5. The first-order valence-electron chi connectivity index (χ1n) is 7.18. The van der Waals surface area contributed by atoms with Crippen molar-refractivity contribution < 1.29 is 4.74 Å². The van der Waals surface area contributed by atoms with Crippen molar-refractivity contribution in [2.75, 3.05) is 6.61 Å². The van der Waals surface area contributed by atoms with Gasteiger partial charge < -0.3 is 4.74 Å². The number of aromatic nitrogens is 2. The van der Waals surface area contributed by atoms with Gasteiger partial charge in [0.15, 0.2) is 0 Å². The topological polar surface area (TPSA) is 27.1 Å². The Bertz CT molecular complexity index is 584. The summed E-state index contributed by atoms with van der Waals surface area (Å²) in [6.07, 6.45) is 3.60. The molecule has 0 amide bonds. The van der Waals surface area contributed by atoms with Crippen LogP contribution in [0.15, 0.2) is 6.07 Å². The summed E-state index contributed by atoms with van der Waals surface area (Å²) < 4.78 is 7.63. The molecule has 1 aromatic heterocycles. The van der Waals surface area contributed by atoms with E-state index >= 15 is 0 Å². The van der Waals surface area contributed by atoms with Crippen LogP contribution in [0.2, 0.25) is 0 Å². The van der Waals surface area contributed by atoms with Crippen LogP contribution in [0.5, 0.6) is 6.01 Å². The number of hydrogen-bond acceptors (Lipinski definition) is 2. The zero-order valence-corrected chi connectivity index (χ0v) is 12.7. The van der Waals surface area contributed by atoms with Crippen molar-refractivity contribution in [1.82, 2.24) is 9.55 Å². The van der Waals surface area contributed by atoms with E-state index in [1.165, 1.54) is 35.0 Å². The molecule has 2 aromatic rings. The molecule has 0 fully saturated rings. The van der Waals surface area contributed by atoms with Gasteiger partial charge in [-0.2, -0.15) is 4.98 Å². The Morgan fingerprint density at radius 1 is 1.26 bits per heavy atom. The highest BCUT2D eigenvalue weighted by molar-refractivity contribution is 5.82. The van der Waals surface area contributed by atoms with E-state index in [4.69, 9.17) is 4.74 Å². The Hall–Kier alpha value is -1.51. The van der Waals surface area contributed by atoms with Gasteiger partial charge in [-0.15, -0.1) is 0 Å². The van der Waals surface area contributed by atoms with Crippen LogP contribution < -0.4 is 4.74 Å². The van der Waals surface area contributed by atoms with Crippen LogP contribution in [0.1, 0.15) is 43.4 Å². The van der Waals surface area contributed by atoms with Crippen molar-refractivity contribution in [2.45, 2.75) is 47.0 Å². The largest absolute Gasteiger partial charge is 0.465 e. The predicted octanol–water partition coefficient (Wildman–Crippen LogP) is 3.93. The first-order chi connectivity index (χ1) is 9.10. The minimum absolute atomic E-state index is 0.651. The number of nitrogens with zero attached hydrogens (tertiary/aromatic N) is 2. The Kier molecular flexibility index (Phi) is 4.13. The van der Waals surface area contributed by atoms with Crippen LogP contribution >= 0.6 is 0 Å². The molecule has 1 aromatic carbocycles. The average molecular weight is 260 g/mol. The van der Waals surface area contributed by atoms with Gasteiger partial charge in [0.05, 0.1) is 17.6 Å². The molecule has 0 N–H and O–H groups in total. The Labute approximate surface area is 115 Å². The molecule has 0 aliphatic heterocycles. The minimum atomic E-state index is 0.651. The van der Waals surface area contributed by atoms with E-state index in [0.29, 0.717) is 12.6 Å². The predicted molar refractivity (Wildman–Crippen MR) is 80.0 cm³/mol. The quantitative estimate of drug-likeness (QED) is 0.814. The highest BCUT2D eigenvalue weighted by atomic mass is 16.5. The third-order valence-corrected chi connectivity index (χ3v) is 3.79. The van der Waals surface area contributed by atoms with Gasteiger partial charge in [0.2, 0.25) is 0 Å². The van der Waals surface area contributed by atoms with E-state index in [1.807, 2.05) is 18.5 Å². The fourth-order valence-electron chi connectivity index (χ4n) is 2.66. The molecular formula is C16H24N2O. The van der Waals surface area contributed by atoms with Crippen LogP contribution in [0, 0.1) is 13.8 Å². The van der Waals surface area contributed by atoms with Crippen molar-refractivity contribution in [3.05, 3.63) is 22.8 Å². The molecule has 0 atom stereocenters. The van der Waals surface area contributed by atoms with Crippen molar-refractivity contribution in [3.63, 3.8) is 0 Å². The fraction of sp³-hybridized carbons (Fsp3) is 0.562. The molecule has 0 saturated carbocycles. The van der Waals surface area contributed by atoms with Crippen molar-refractivity contribution >= 4 is 11.0 Å². The second kappa shape index (κ2) is 5.64. The highest BCUT2D eigenvalue weighted by Crippen LogP contribution is 2.28. The number of ether oxygens (including phenoxy) is 1. The molecule has 0 unspecified atom stereocenters. The Morgan fingerprint density at radius 3 is 2.63 bits per heavy atom. The van der Waals surface area contributed by atoms with Gasteiger partial charge >= 0.3 is 0 Å². The van der Waals surface area contributed by atoms with Crippen LogP contribution in [0.25, 0.3) is 11.0 Å². The van der Waals surface area contributed by atoms with Gasteiger partial charge in [0.25, 0.3) is 6.01 Å². The number of fused-ring (bicyclic) bond motifs is 1. The molecule has 0 aliphatic rings. The zero-order valence-electron chi connectivity index (χ0n) is 12.7. The lowest BCUT2D eigenvalue weighted by atomic mass is 9.96. The average Bonchev–Trinajstić information content (AvgIpc) is 2.68. The number of unbranched alkanes of at least 4 members (excludes halogenated alkanes) is 1. The van der Waals surface area contributed by atoms with Gasteiger partial charge in [-0.05, 0) is 56.4 Å². The number of hydrogen-bond donors (Lipinski definition) is 0. The summed E-state index contributed by atoms with van der Waals surface area (Å²) in [5.41, 5.74) is 6.38. The van der Waals surface area contributed by atoms with Gasteiger partial charge in [0.1, 0.15) is 0 Å². The third-order valence-electron chi connectivity index (χ3n) is 3.79. The molecule has 0 bridgehead atoms. The molecule has 0 radical (unpaired) electrons. The maximum absolute atomic E-state index is 5.59. The van der Waals surface area contributed by atoms with Gasteiger partial charge in [0, 0.05) is 7.05 Å². The van der Waals surface area contributed by atoms with Crippen LogP contribution in [-0.2, 0) is 13.5 Å². The van der Waals surface area contributed by atoms with Crippen LogP contribution in [0.4, 0.5) is 0 Å². The SMILES string of the molecule is CCCCc1c(C)cc2c(nc(OCC)n2C)c1C. The minimum Gasteiger partial charge on any atom is -0.465 e. The van der Waals surface area contributed by atoms with Gasteiger partial charge in [-0.1, -0.05) is 13.3 Å². The Morgan fingerprint density at radius 2 is 2.00 bits per heavy atom. The van der Waals surface area contributed by atoms with Crippen molar-refractivity contribution in [2.24, 2.45) is 7.05 Å². The standard InChI is InChI=1S/C16H24N2O/c1-6-8-9-13-11(3)10-14-15(12(13)4)17-16(18(14)5)19-7-2/h10H,6-9H2,1-5H3. The molecule has 0 saturated heterocycles. The van der Waals surface area contributed by atoms with Gasteiger partial charge in [-0.3, -0.25) is 4.57 Å². The fourth-order valence-corrected chi connectivity index (χ4v) is 2.66. The van der Waals surface area contributed by atoms with E-state index in [0.717, 1.165) is 11.9 Å². The zero-order chi connectivity index (χ0) is 14.0. The molecule has 1 heterocycles. The molecule has 0 spiro atoms. The third kappa shape index (κ3) is 2.46. The summed E-state index contributed by atoms with van der Waals surface area (Å²) in [5, 5.41) is 0. The van der Waals surface area contributed by atoms with E-state index in [2.05, 4.69) is 31.8 Å². The van der Waals surface area contributed by atoms with E-state index in [-0.39, 0.29) is 0 Å². The second-order valence-electron chi connectivity index (χ2n) is 5.15. The molecule has 2 rings (SSSR count). The monoisotopic (exact) mass is 260 g/mol. The summed E-state index contributed by atoms with van der Waals surface area (Å²) in [4.78, 5) is 4.65. The second-order valence-corrected chi connectivity index (χ2v) is 5.15. The smallest absolute Gasteiger partial charge is 0.297 e. The first kappa shape index (κ1) is 13.9. The highest BCUT2D eigenvalue weighted by Gasteiger charge is 2.14. The van der Waals surface area contributed by atoms with Crippen LogP contribution in [0.3, 0.4) is 0 Å². The number of imidazole rings is 1. The van der Waals surface area contributed by atoms with Crippen molar-refractivity contribution in [1.29, 1.82) is 0 Å². The normalized spacial score (nSPS) is 11.2. The van der Waals surface area contributed by atoms with E-state index in [9.17, 15) is 0 Å². The lowest BCUT2D eigenvalue weighted by molar-refractivity contribution is 0.304. The first-order valence-corrected chi connectivity index (χ1v) is 7.18. The van der Waals surface area contributed by atoms with Crippen LogP contribution in [-0.4, -0.2) is 16.2 Å². The van der Waals surface area contributed by atoms with Crippen molar-refractivity contribution in [3.8, 4) is 6.01 Å². The molecule has 3 heteroatoms. The van der Waals surface area contributed by atoms with E-state index in [1.54, 1.807) is 0 Å². The molecular weight excluding hydrogens is 236 g/mol. The summed E-state index contributed by atoms with van der Waals surface area (Å²) in [6.45, 7) is 9.26. The Balaban J connectivity index is 2.57.